The molecule has 140 valence electrons. The minimum Gasteiger partial charge on any atom is -0.224 e. The van der Waals surface area contributed by atoms with Gasteiger partial charge < -0.3 is 0 Å². The molecule has 1 aliphatic carbocycles. The molecule has 7 heteroatoms. The van der Waals surface area contributed by atoms with Gasteiger partial charge in [-0.05, 0) is 61.4 Å². The second-order valence-electron chi connectivity index (χ2n) is 6.82. The Hall–Kier alpha value is -1.70. The summed E-state index contributed by atoms with van der Waals surface area (Å²) in [6.07, 6.45) is 4.58. The molecular formula is C19H23NO4S2. The Morgan fingerprint density at radius 3 is 1.85 bits per heavy atom. The predicted molar refractivity (Wildman–Crippen MR) is 101 cm³/mol. The van der Waals surface area contributed by atoms with E-state index in [9.17, 15) is 16.8 Å². The van der Waals surface area contributed by atoms with Gasteiger partial charge in [0.25, 0.3) is 0 Å². The van der Waals surface area contributed by atoms with E-state index in [2.05, 4.69) is 16.9 Å². The first-order valence-electron chi connectivity index (χ1n) is 8.63. The third-order valence-corrected chi connectivity index (χ3v) is 7.55. The Balaban J connectivity index is 1.64. The molecule has 0 radical (unpaired) electrons. The van der Waals surface area contributed by atoms with E-state index in [4.69, 9.17) is 0 Å². The monoisotopic (exact) mass is 393 g/mol. The maximum atomic E-state index is 12.6. The van der Waals surface area contributed by atoms with Crippen molar-refractivity contribution in [3.05, 3.63) is 60.2 Å². The molecule has 1 aliphatic rings. The SMILES string of the molecule is CS(=O)(=O)c1ccc(S(=O)(=O)NC2CCC(c3ccccc3)CC2)cc1. The first-order valence-corrected chi connectivity index (χ1v) is 12.0. The average Bonchev–Trinajstić information content (AvgIpc) is 2.62. The predicted octanol–water partition coefficient (Wildman–Crippen LogP) is 3.09. The van der Waals surface area contributed by atoms with Gasteiger partial charge in [0.1, 0.15) is 0 Å². The molecule has 0 amide bonds. The second-order valence-corrected chi connectivity index (χ2v) is 10.6. The van der Waals surface area contributed by atoms with Crippen LogP contribution in [0.5, 0.6) is 0 Å². The van der Waals surface area contributed by atoms with E-state index in [0.717, 1.165) is 31.9 Å². The highest BCUT2D eigenvalue weighted by Crippen LogP contribution is 2.33. The smallest absolute Gasteiger partial charge is 0.224 e. The Kier molecular flexibility index (Phi) is 5.50. The number of benzene rings is 2. The molecule has 1 N–H and O–H groups in total. The van der Waals surface area contributed by atoms with Gasteiger partial charge in [-0.1, -0.05) is 30.3 Å². The van der Waals surface area contributed by atoms with Gasteiger partial charge in [0.05, 0.1) is 9.79 Å². The third kappa shape index (κ3) is 4.52. The van der Waals surface area contributed by atoms with E-state index >= 15 is 0 Å². The highest BCUT2D eigenvalue weighted by atomic mass is 32.2. The van der Waals surface area contributed by atoms with Crippen molar-refractivity contribution in [1.29, 1.82) is 0 Å². The molecular weight excluding hydrogens is 370 g/mol. The quantitative estimate of drug-likeness (QED) is 0.846. The summed E-state index contributed by atoms with van der Waals surface area (Å²) in [5.74, 6) is 0.478. The van der Waals surface area contributed by atoms with E-state index in [1.807, 2.05) is 18.2 Å². The van der Waals surface area contributed by atoms with E-state index in [0.29, 0.717) is 5.92 Å². The van der Waals surface area contributed by atoms with E-state index in [-0.39, 0.29) is 15.8 Å². The summed E-state index contributed by atoms with van der Waals surface area (Å²) in [6.45, 7) is 0. The lowest BCUT2D eigenvalue weighted by Crippen LogP contribution is -2.37. The summed E-state index contributed by atoms with van der Waals surface area (Å²) in [4.78, 5) is 0.204. The largest absolute Gasteiger partial charge is 0.240 e. The van der Waals surface area contributed by atoms with E-state index in [1.165, 1.54) is 29.8 Å². The molecule has 2 aromatic rings. The first kappa shape index (κ1) is 19.1. The van der Waals surface area contributed by atoms with Crippen LogP contribution in [0.4, 0.5) is 0 Å². The third-order valence-electron chi connectivity index (χ3n) is 4.88. The Morgan fingerprint density at radius 1 is 0.769 bits per heavy atom. The van der Waals surface area contributed by atoms with Crippen molar-refractivity contribution in [2.45, 2.75) is 47.4 Å². The molecule has 0 saturated heterocycles. The van der Waals surface area contributed by atoms with Crippen molar-refractivity contribution in [2.24, 2.45) is 0 Å². The number of sulfonamides is 1. The second kappa shape index (κ2) is 7.50. The van der Waals surface area contributed by atoms with Crippen molar-refractivity contribution in [3.8, 4) is 0 Å². The molecule has 0 aromatic heterocycles. The van der Waals surface area contributed by atoms with Crippen LogP contribution < -0.4 is 4.72 Å². The number of hydrogen-bond acceptors (Lipinski definition) is 4. The topological polar surface area (TPSA) is 80.3 Å². The Bertz CT molecular complexity index is 944. The number of nitrogens with one attached hydrogen (secondary N) is 1. The Morgan fingerprint density at radius 2 is 1.31 bits per heavy atom. The van der Waals surface area contributed by atoms with Crippen LogP contribution in [0.25, 0.3) is 0 Å². The van der Waals surface area contributed by atoms with Gasteiger partial charge in [-0.25, -0.2) is 21.6 Å². The molecule has 1 fully saturated rings. The van der Waals surface area contributed by atoms with Crippen molar-refractivity contribution in [2.75, 3.05) is 6.26 Å². The highest BCUT2D eigenvalue weighted by molar-refractivity contribution is 7.90. The van der Waals surface area contributed by atoms with Crippen molar-refractivity contribution in [1.82, 2.24) is 4.72 Å². The van der Waals surface area contributed by atoms with Gasteiger partial charge in [-0.15, -0.1) is 0 Å². The molecule has 0 unspecified atom stereocenters. The number of sulfone groups is 1. The van der Waals surface area contributed by atoms with Gasteiger partial charge in [0.2, 0.25) is 10.0 Å². The molecule has 0 aliphatic heterocycles. The summed E-state index contributed by atoms with van der Waals surface area (Å²) >= 11 is 0. The zero-order chi connectivity index (χ0) is 18.8. The fourth-order valence-electron chi connectivity index (χ4n) is 3.42. The molecule has 0 atom stereocenters. The van der Waals surface area contributed by atoms with Crippen LogP contribution in [0.3, 0.4) is 0 Å². The fraction of sp³-hybridized carbons (Fsp3) is 0.368. The lowest BCUT2D eigenvalue weighted by Gasteiger charge is -2.29. The number of hydrogen-bond donors (Lipinski definition) is 1. The zero-order valence-corrected chi connectivity index (χ0v) is 16.3. The average molecular weight is 394 g/mol. The molecule has 3 rings (SSSR count). The maximum Gasteiger partial charge on any atom is 0.240 e. The van der Waals surface area contributed by atoms with Crippen LogP contribution in [0.1, 0.15) is 37.2 Å². The van der Waals surface area contributed by atoms with Gasteiger partial charge in [-0.2, -0.15) is 0 Å². The van der Waals surface area contributed by atoms with Gasteiger partial charge >= 0.3 is 0 Å². The van der Waals surface area contributed by atoms with Crippen LogP contribution in [-0.2, 0) is 19.9 Å². The zero-order valence-electron chi connectivity index (χ0n) is 14.6. The molecule has 5 nitrogen and oxygen atoms in total. The molecule has 2 aromatic carbocycles. The van der Waals surface area contributed by atoms with Crippen molar-refractivity contribution < 1.29 is 16.8 Å². The van der Waals surface area contributed by atoms with Crippen molar-refractivity contribution >= 4 is 19.9 Å². The number of rotatable bonds is 5. The standard InChI is InChI=1S/C19H23NO4S2/c1-25(21,22)18-11-13-19(14-12-18)26(23,24)20-17-9-7-16(8-10-17)15-5-3-2-4-6-15/h2-6,11-14,16-17,20H,7-10H2,1H3. The van der Waals surface area contributed by atoms with Crippen LogP contribution in [-0.4, -0.2) is 29.1 Å². The minimum absolute atomic E-state index is 0.0884. The molecule has 0 bridgehead atoms. The molecule has 0 spiro atoms. The highest BCUT2D eigenvalue weighted by Gasteiger charge is 2.26. The maximum absolute atomic E-state index is 12.6. The lowest BCUT2D eigenvalue weighted by molar-refractivity contribution is 0.374. The molecule has 1 saturated carbocycles. The van der Waals surface area contributed by atoms with Crippen LogP contribution in [0.15, 0.2) is 64.4 Å². The Labute approximate surface area is 155 Å². The summed E-state index contributed by atoms with van der Waals surface area (Å²) in [5.41, 5.74) is 1.31. The molecule has 0 heterocycles. The fourth-order valence-corrected chi connectivity index (χ4v) is 5.36. The van der Waals surface area contributed by atoms with Gasteiger partial charge in [0.15, 0.2) is 9.84 Å². The summed E-state index contributed by atoms with van der Waals surface area (Å²) in [6, 6.07) is 15.6. The lowest BCUT2D eigenvalue weighted by atomic mass is 9.82. The van der Waals surface area contributed by atoms with Crippen molar-refractivity contribution in [3.63, 3.8) is 0 Å². The van der Waals surface area contributed by atoms with E-state index < -0.39 is 19.9 Å². The summed E-state index contributed by atoms with van der Waals surface area (Å²) in [5, 5.41) is 0. The first-order chi connectivity index (χ1) is 12.3. The minimum atomic E-state index is -3.65. The normalized spacial score (nSPS) is 21.4. The molecule has 26 heavy (non-hydrogen) atoms. The summed E-state index contributed by atoms with van der Waals surface area (Å²) < 4.78 is 50.9. The van der Waals surface area contributed by atoms with Gasteiger partial charge in [-0.3, -0.25) is 0 Å². The van der Waals surface area contributed by atoms with E-state index in [1.54, 1.807) is 0 Å². The van der Waals surface area contributed by atoms with Crippen LogP contribution in [0, 0.1) is 0 Å². The summed E-state index contributed by atoms with van der Waals surface area (Å²) in [7, 11) is -6.99. The van der Waals surface area contributed by atoms with Gasteiger partial charge in [0, 0.05) is 12.3 Å². The van der Waals surface area contributed by atoms with Crippen LogP contribution in [0.2, 0.25) is 0 Å². The van der Waals surface area contributed by atoms with Crippen LogP contribution >= 0.6 is 0 Å².